The van der Waals surface area contributed by atoms with Gasteiger partial charge in [0, 0.05) is 11.5 Å². The lowest BCUT2D eigenvalue weighted by atomic mass is 9.91. The monoisotopic (exact) mass is 201 g/mol. The Hall–Kier alpha value is -1.62. The molecule has 1 aromatic carbocycles. The van der Waals surface area contributed by atoms with E-state index in [9.17, 15) is 4.79 Å². The quantitative estimate of drug-likeness (QED) is 0.702. The molecule has 0 spiro atoms. The first-order valence-electron chi connectivity index (χ1n) is 5.27. The van der Waals surface area contributed by atoms with E-state index in [0.717, 1.165) is 12.8 Å². The van der Waals surface area contributed by atoms with Crippen molar-refractivity contribution in [3.63, 3.8) is 0 Å². The van der Waals surface area contributed by atoms with Crippen molar-refractivity contribution in [1.29, 1.82) is 5.26 Å². The Morgan fingerprint density at radius 1 is 1.33 bits per heavy atom. The molecule has 0 aromatic heterocycles. The molecule has 0 saturated carbocycles. The number of rotatable bonds is 4. The van der Waals surface area contributed by atoms with Gasteiger partial charge in [0.2, 0.25) is 0 Å². The molecule has 1 rings (SSSR count). The summed E-state index contributed by atoms with van der Waals surface area (Å²) in [5.41, 5.74) is 1.04. The summed E-state index contributed by atoms with van der Waals surface area (Å²) < 4.78 is 0. The van der Waals surface area contributed by atoms with Crippen LogP contribution >= 0.6 is 0 Å². The Morgan fingerprint density at radius 2 is 1.93 bits per heavy atom. The number of hydrogen-bond acceptors (Lipinski definition) is 2. The summed E-state index contributed by atoms with van der Waals surface area (Å²) in [7, 11) is 0. The van der Waals surface area contributed by atoms with Crippen molar-refractivity contribution in [2.75, 3.05) is 0 Å². The first-order chi connectivity index (χ1) is 7.24. The fourth-order valence-corrected chi connectivity index (χ4v) is 1.67. The van der Waals surface area contributed by atoms with E-state index < -0.39 is 0 Å². The number of ketones is 1. The van der Waals surface area contributed by atoms with Crippen LogP contribution in [0.1, 0.15) is 42.6 Å². The minimum atomic E-state index is 0.0412. The van der Waals surface area contributed by atoms with Crippen LogP contribution in [0.4, 0.5) is 0 Å². The predicted octanol–water partition coefficient (Wildman–Crippen LogP) is 3.18. The Balaban J connectivity index is 3.06. The largest absolute Gasteiger partial charge is 0.294 e. The van der Waals surface area contributed by atoms with Crippen molar-refractivity contribution in [1.82, 2.24) is 0 Å². The smallest absolute Gasteiger partial charge is 0.167 e. The fraction of sp³-hybridized carbons (Fsp3) is 0.385. The Bertz CT molecular complexity index is 386. The molecule has 2 nitrogen and oxygen atoms in total. The highest BCUT2D eigenvalue weighted by Crippen LogP contribution is 2.18. The predicted molar refractivity (Wildman–Crippen MR) is 59.6 cm³/mol. The van der Waals surface area contributed by atoms with Crippen LogP contribution in [0, 0.1) is 17.2 Å². The van der Waals surface area contributed by atoms with Crippen LogP contribution < -0.4 is 0 Å². The third-order valence-electron chi connectivity index (χ3n) is 2.67. The van der Waals surface area contributed by atoms with Crippen molar-refractivity contribution in [2.24, 2.45) is 5.92 Å². The van der Waals surface area contributed by atoms with E-state index in [0.29, 0.717) is 11.1 Å². The van der Waals surface area contributed by atoms with Gasteiger partial charge in [0.1, 0.15) is 0 Å². The van der Waals surface area contributed by atoms with Crippen molar-refractivity contribution in [3.8, 4) is 6.07 Å². The molecule has 0 fully saturated rings. The Kier molecular flexibility index (Phi) is 4.05. The third-order valence-corrected chi connectivity index (χ3v) is 2.67. The first-order valence-corrected chi connectivity index (χ1v) is 5.27. The van der Waals surface area contributed by atoms with Gasteiger partial charge in [-0.1, -0.05) is 32.0 Å². The van der Waals surface area contributed by atoms with Crippen molar-refractivity contribution in [2.45, 2.75) is 26.7 Å². The molecule has 0 saturated heterocycles. The Morgan fingerprint density at radius 3 is 2.47 bits per heavy atom. The standard InChI is InChI=1S/C13H15NO/c1-3-10(4-2)13(15)12-8-6-5-7-11(12)9-14/h5-8,10H,3-4H2,1-2H3. The first kappa shape index (κ1) is 11.5. The summed E-state index contributed by atoms with van der Waals surface area (Å²) in [6, 6.07) is 9.07. The highest BCUT2D eigenvalue weighted by molar-refractivity contribution is 5.99. The zero-order valence-electron chi connectivity index (χ0n) is 9.16. The van der Waals surface area contributed by atoms with E-state index in [4.69, 9.17) is 5.26 Å². The second-order valence-electron chi connectivity index (χ2n) is 3.54. The molecular formula is C13H15NO. The zero-order chi connectivity index (χ0) is 11.3. The molecule has 0 unspecified atom stereocenters. The third kappa shape index (κ3) is 2.44. The summed E-state index contributed by atoms with van der Waals surface area (Å²) in [5, 5.41) is 8.89. The molecule has 0 N–H and O–H groups in total. The zero-order valence-corrected chi connectivity index (χ0v) is 9.16. The Labute approximate surface area is 90.5 Å². The topological polar surface area (TPSA) is 40.9 Å². The van der Waals surface area contributed by atoms with Crippen LogP contribution in [0.15, 0.2) is 24.3 Å². The van der Waals surface area contributed by atoms with Gasteiger partial charge in [0.05, 0.1) is 11.6 Å². The van der Waals surface area contributed by atoms with E-state index in [1.807, 2.05) is 13.8 Å². The minimum absolute atomic E-state index is 0.0412. The van der Waals surface area contributed by atoms with Crippen molar-refractivity contribution in [3.05, 3.63) is 35.4 Å². The number of hydrogen-bond donors (Lipinski definition) is 0. The van der Waals surface area contributed by atoms with E-state index in [-0.39, 0.29) is 11.7 Å². The molecule has 1 aromatic rings. The summed E-state index contributed by atoms with van der Waals surface area (Å²) in [6.45, 7) is 4.00. The minimum Gasteiger partial charge on any atom is -0.294 e. The molecule has 0 heterocycles. The molecule has 78 valence electrons. The molecule has 2 heteroatoms. The number of nitrogens with zero attached hydrogens (tertiary/aromatic N) is 1. The summed E-state index contributed by atoms with van der Waals surface area (Å²) in [5.74, 6) is 0.136. The SMILES string of the molecule is CCC(CC)C(=O)c1ccccc1C#N. The molecular weight excluding hydrogens is 186 g/mol. The number of carbonyl (C=O) groups excluding carboxylic acids is 1. The summed E-state index contributed by atoms with van der Waals surface area (Å²) >= 11 is 0. The molecule has 0 bridgehead atoms. The summed E-state index contributed by atoms with van der Waals surface area (Å²) in [6.07, 6.45) is 1.66. The van der Waals surface area contributed by atoms with E-state index in [2.05, 4.69) is 6.07 Å². The lowest BCUT2D eigenvalue weighted by molar-refractivity contribution is 0.0913. The maximum Gasteiger partial charge on any atom is 0.167 e. The van der Waals surface area contributed by atoms with Crippen molar-refractivity contribution < 1.29 is 4.79 Å². The normalized spacial score (nSPS) is 10.0. The molecule has 0 aliphatic carbocycles. The number of nitriles is 1. The lowest BCUT2D eigenvalue weighted by Crippen LogP contribution is -2.14. The highest BCUT2D eigenvalue weighted by atomic mass is 16.1. The van der Waals surface area contributed by atoms with Crippen molar-refractivity contribution >= 4 is 5.78 Å². The van der Waals surface area contributed by atoms with Gasteiger partial charge in [-0.15, -0.1) is 0 Å². The van der Waals surface area contributed by atoms with Gasteiger partial charge in [-0.2, -0.15) is 5.26 Å². The summed E-state index contributed by atoms with van der Waals surface area (Å²) in [4.78, 5) is 12.0. The lowest BCUT2D eigenvalue weighted by Gasteiger charge is -2.11. The molecule has 0 aliphatic rings. The molecule has 0 amide bonds. The molecule has 0 radical (unpaired) electrons. The second kappa shape index (κ2) is 5.31. The highest BCUT2D eigenvalue weighted by Gasteiger charge is 2.18. The fourth-order valence-electron chi connectivity index (χ4n) is 1.67. The van der Waals surface area contributed by atoms with Crippen LogP contribution in [0.25, 0.3) is 0 Å². The van der Waals surface area contributed by atoms with Gasteiger partial charge < -0.3 is 0 Å². The van der Waals surface area contributed by atoms with Gasteiger partial charge in [-0.05, 0) is 18.9 Å². The average molecular weight is 201 g/mol. The number of benzene rings is 1. The second-order valence-corrected chi connectivity index (χ2v) is 3.54. The van der Waals surface area contributed by atoms with E-state index in [1.165, 1.54) is 0 Å². The molecule has 15 heavy (non-hydrogen) atoms. The average Bonchev–Trinajstić information content (AvgIpc) is 2.30. The van der Waals surface area contributed by atoms with Gasteiger partial charge in [-0.25, -0.2) is 0 Å². The van der Waals surface area contributed by atoms with Gasteiger partial charge >= 0.3 is 0 Å². The molecule has 0 atom stereocenters. The van der Waals surface area contributed by atoms with Crippen LogP contribution in [-0.4, -0.2) is 5.78 Å². The van der Waals surface area contributed by atoms with Crippen LogP contribution in [0.2, 0.25) is 0 Å². The maximum atomic E-state index is 12.0. The van der Waals surface area contributed by atoms with Gasteiger partial charge in [0.15, 0.2) is 5.78 Å². The maximum absolute atomic E-state index is 12.0. The van der Waals surface area contributed by atoms with Gasteiger partial charge in [-0.3, -0.25) is 4.79 Å². The van der Waals surface area contributed by atoms with E-state index in [1.54, 1.807) is 24.3 Å². The number of carbonyl (C=O) groups is 1. The van der Waals surface area contributed by atoms with Crippen LogP contribution in [0.5, 0.6) is 0 Å². The van der Waals surface area contributed by atoms with Gasteiger partial charge in [0.25, 0.3) is 0 Å². The van der Waals surface area contributed by atoms with E-state index >= 15 is 0 Å². The van der Waals surface area contributed by atoms with Crippen LogP contribution in [0.3, 0.4) is 0 Å². The molecule has 0 aliphatic heterocycles. The van der Waals surface area contributed by atoms with Crippen LogP contribution in [-0.2, 0) is 0 Å². The number of Topliss-reactive ketones (excluding diaryl/α,β-unsaturated/α-hetero) is 1.